The molecule has 1 fully saturated rings. The smallest absolute Gasteiger partial charge is 0.306 e. The summed E-state index contributed by atoms with van der Waals surface area (Å²) < 4.78 is 32.0. The second-order valence-corrected chi connectivity index (χ2v) is 27.8. The molecule has 1 aromatic carbocycles. The van der Waals surface area contributed by atoms with Gasteiger partial charge in [0.25, 0.3) is 0 Å². The summed E-state index contributed by atoms with van der Waals surface area (Å²) in [5, 5.41) is 15.1. The molecule has 1 aliphatic rings. The van der Waals surface area contributed by atoms with Gasteiger partial charge in [0.05, 0.1) is 19.6 Å². The summed E-state index contributed by atoms with van der Waals surface area (Å²) in [5.74, 6) is -1.07. The number of ether oxygens (including phenoxy) is 4. The number of amides is 1. The standard InChI is InChI=1S/C61H111NO9Si/c1-9-12-15-18-21-24-26-29-32-35-41-46-55(64)69-52(45-40-34-31-28-23-20-17-14-11-3)48-54(63)62-57-59(71-56(65)47-42-36-33-30-27-25-22-19-16-13-10-2)58(66)53(50-68-72(7,8)61(4,5)6)70-60(57)67-49-51-43-38-37-39-44-51/h37-39,43-44,52-53,57-60,66H,9-36,40-42,45-50H2,1-8H3,(H,62,63)/t52-,53-,57-,58-,59-,60-/m1/s1. The van der Waals surface area contributed by atoms with E-state index in [2.05, 4.69) is 60.0 Å². The first-order valence-electron chi connectivity index (χ1n) is 30.0. The lowest BCUT2D eigenvalue weighted by molar-refractivity contribution is -0.276. The molecule has 1 amide bonds. The van der Waals surface area contributed by atoms with Crippen LogP contribution in [0.25, 0.3) is 0 Å². The Labute approximate surface area is 442 Å². The first-order valence-corrected chi connectivity index (χ1v) is 32.9. The Morgan fingerprint density at radius 1 is 0.625 bits per heavy atom. The van der Waals surface area contributed by atoms with Gasteiger partial charge in [-0.1, -0.05) is 252 Å². The molecule has 0 spiro atoms. The van der Waals surface area contributed by atoms with Crippen LogP contribution in [0.5, 0.6) is 0 Å². The quantitative estimate of drug-likeness (QED) is 0.0373. The first kappa shape index (κ1) is 65.8. The fraction of sp³-hybridized carbons (Fsp3) is 0.852. The van der Waals surface area contributed by atoms with Gasteiger partial charge >= 0.3 is 11.9 Å². The number of unbranched alkanes of at least 4 members (excludes halogenated alkanes) is 28. The molecule has 1 aromatic rings. The summed E-state index contributed by atoms with van der Waals surface area (Å²) in [6, 6.07) is 8.68. The van der Waals surface area contributed by atoms with Gasteiger partial charge in [-0.3, -0.25) is 14.4 Å². The summed E-state index contributed by atoms with van der Waals surface area (Å²) >= 11 is 0. The number of hydrogen-bond donors (Lipinski definition) is 2. The molecule has 1 saturated heterocycles. The van der Waals surface area contributed by atoms with Crippen molar-refractivity contribution in [2.75, 3.05) is 6.61 Å². The lowest BCUT2D eigenvalue weighted by Crippen LogP contribution is -2.66. The van der Waals surface area contributed by atoms with Crippen molar-refractivity contribution in [1.29, 1.82) is 0 Å². The molecule has 0 unspecified atom stereocenters. The average molecular weight is 1030 g/mol. The van der Waals surface area contributed by atoms with Gasteiger partial charge in [-0.2, -0.15) is 0 Å². The van der Waals surface area contributed by atoms with Crippen molar-refractivity contribution in [3.8, 4) is 0 Å². The SMILES string of the molecule is CCCCCCCCCCCCCC(=O)O[C@H](CCCCCCCCCCC)CC(=O)N[C@H]1[C@H](OCc2ccccc2)O[C@H](CO[Si](C)(C)C(C)(C)C)[C@@H](O)[C@@H]1OC(=O)CCCCCCCCCCCCC. The van der Waals surface area contributed by atoms with Crippen molar-refractivity contribution < 1.29 is 42.9 Å². The lowest BCUT2D eigenvalue weighted by atomic mass is 9.96. The average Bonchev–Trinajstić information content (AvgIpc) is 3.34. The molecule has 6 atom stereocenters. The molecule has 1 aliphatic heterocycles. The molecule has 1 heterocycles. The number of nitrogens with one attached hydrogen (secondary N) is 1. The Hall–Kier alpha value is -2.31. The summed E-state index contributed by atoms with van der Waals surface area (Å²) in [7, 11) is -2.28. The van der Waals surface area contributed by atoms with E-state index >= 15 is 0 Å². The van der Waals surface area contributed by atoms with Gasteiger partial charge in [0.1, 0.15) is 24.4 Å². The molecule has 0 saturated carbocycles. The molecular weight excluding hydrogens is 919 g/mol. The minimum atomic E-state index is -2.28. The molecule has 0 bridgehead atoms. The van der Waals surface area contributed by atoms with Gasteiger partial charge in [0, 0.05) is 12.8 Å². The van der Waals surface area contributed by atoms with Crippen molar-refractivity contribution in [2.24, 2.45) is 0 Å². The molecule has 2 rings (SSSR count). The highest BCUT2D eigenvalue weighted by Crippen LogP contribution is 2.37. The highest BCUT2D eigenvalue weighted by atomic mass is 28.4. The van der Waals surface area contributed by atoms with Crippen LogP contribution < -0.4 is 5.32 Å². The second-order valence-electron chi connectivity index (χ2n) is 23.0. The number of rotatable bonds is 45. The van der Waals surface area contributed by atoms with E-state index in [0.29, 0.717) is 19.3 Å². The number of benzene rings is 1. The fourth-order valence-corrected chi connectivity index (χ4v) is 10.4. The van der Waals surface area contributed by atoms with Crippen LogP contribution in [-0.2, 0) is 44.4 Å². The van der Waals surface area contributed by atoms with E-state index in [0.717, 1.165) is 63.4 Å². The third-order valence-electron chi connectivity index (χ3n) is 15.3. The number of esters is 2. The summed E-state index contributed by atoms with van der Waals surface area (Å²) in [5.41, 5.74) is 0.905. The molecule has 11 heteroatoms. The van der Waals surface area contributed by atoms with Crippen molar-refractivity contribution in [3.63, 3.8) is 0 Å². The summed E-state index contributed by atoms with van der Waals surface area (Å²) in [6.45, 7) is 17.8. The van der Waals surface area contributed by atoms with Crippen LogP contribution >= 0.6 is 0 Å². The molecule has 418 valence electrons. The molecule has 72 heavy (non-hydrogen) atoms. The number of aliphatic hydroxyl groups is 1. The van der Waals surface area contributed by atoms with E-state index in [1.807, 2.05) is 30.3 Å². The van der Waals surface area contributed by atoms with Crippen LogP contribution in [0.3, 0.4) is 0 Å². The zero-order chi connectivity index (χ0) is 52.7. The predicted molar refractivity (Wildman–Crippen MR) is 299 cm³/mol. The molecule has 0 aromatic heterocycles. The van der Waals surface area contributed by atoms with Gasteiger partial charge < -0.3 is 33.8 Å². The van der Waals surface area contributed by atoms with Gasteiger partial charge in [-0.05, 0) is 49.4 Å². The van der Waals surface area contributed by atoms with Gasteiger partial charge in [-0.15, -0.1) is 0 Å². The van der Waals surface area contributed by atoms with E-state index in [-0.39, 0.29) is 43.0 Å². The van der Waals surface area contributed by atoms with Crippen LogP contribution in [0.15, 0.2) is 30.3 Å². The first-order chi connectivity index (χ1) is 34.7. The van der Waals surface area contributed by atoms with Crippen LogP contribution in [0, 0.1) is 0 Å². The number of carbonyl (C=O) groups excluding carboxylic acids is 3. The Kier molecular flexibility index (Phi) is 37.4. The van der Waals surface area contributed by atoms with Gasteiger partial charge in [-0.25, -0.2) is 0 Å². The maximum absolute atomic E-state index is 14.4. The Balaban J connectivity index is 2.23. The van der Waals surface area contributed by atoms with Crippen molar-refractivity contribution >= 4 is 26.2 Å². The molecule has 2 N–H and O–H groups in total. The maximum Gasteiger partial charge on any atom is 0.306 e. The highest BCUT2D eigenvalue weighted by molar-refractivity contribution is 6.74. The largest absolute Gasteiger partial charge is 0.462 e. The van der Waals surface area contributed by atoms with Crippen molar-refractivity contribution in [1.82, 2.24) is 5.32 Å². The molecule has 10 nitrogen and oxygen atoms in total. The minimum Gasteiger partial charge on any atom is -0.462 e. The highest BCUT2D eigenvalue weighted by Gasteiger charge is 2.50. The third-order valence-corrected chi connectivity index (χ3v) is 19.8. The van der Waals surface area contributed by atoms with Crippen LogP contribution in [0.2, 0.25) is 18.1 Å². The Bertz CT molecular complexity index is 1490. The summed E-state index contributed by atoms with van der Waals surface area (Å²) in [4.78, 5) is 41.5. The van der Waals surface area contributed by atoms with E-state index in [1.165, 1.54) is 135 Å². The maximum atomic E-state index is 14.4. The van der Waals surface area contributed by atoms with E-state index in [1.54, 1.807) is 0 Å². The molecule has 0 radical (unpaired) electrons. The van der Waals surface area contributed by atoms with E-state index in [4.69, 9.17) is 23.4 Å². The normalized spacial score (nSPS) is 18.8. The van der Waals surface area contributed by atoms with Crippen molar-refractivity contribution in [3.05, 3.63) is 35.9 Å². The fourth-order valence-electron chi connectivity index (χ4n) is 9.41. The summed E-state index contributed by atoms with van der Waals surface area (Å²) in [6.07, 6.45) is 32.5. The number of aliphatic hydroxyl groups excluding tert-OH is 1. The van der Waals surface area contributed by atoms with Crippen molar-refractivity contribution in [2.45, 2.75) is 328 Å². The topological polar surface area (TPSA) is 130 Å². The van der Waals surface area contributed by atoms with Crippen LogP contribution in [0.4, 0.5) is 0 Å². The lowest BCUT2D eigenvalue weighted by Gasteiger charge is -2.45. The van der Waals surface area contributed by atoms with E-state index < -0.39 is 51.0 Å². The monoisotopic (exact) mass is 1030 g/mol. The predicted octanol–water partition coefficient (Wildman–Crippen LogP) is 16.3. The second kappa shape index (κ2) is 40.9. The Morgan fingerprint density at radius 3 is 1.51 bits per heavy atom. The minimum absolute atomic E-state index is 0.0592. The molecular formula is C61H111NO9Si. The molecule has 0 aliphatic carbocycles. The number of carbonyl (C=O) groups is 3. The zero-order valence-electron chi connectivity index (χ0n) is 47.7. The van der Waals surface area contributed by atoms with E-state index in [9.17, 15) is 19.5 Å². The number of hydrogen-bond acceptors (Lipinski definition) is 9. The van der Waals surface area contributed by atoms with Crippen LogP contribution in [0.1, 0.15) is 272 Å². The van der Waals surface area contributed by atoms with Gasteiger partial charge in [0.2, 0.25) is 5.91 Å². The Morgan fingerprint density at radius 2 is 1.06 bits per heavy atom. The van der Waals surface area contributed by atoms with Crippen LogP contribution in [-0.4, -0.2) is 74.6 Å². The third kappa shape index (κ3) is 30.9. The zero-order valence-corrected chi connectivity index (χ0v) is 48.7. The van der Waals surface area contributed by atoms with Gasteiger partial charge in [0.15, 0.2) is 20.7 Å².